The molecule has 0 heterocycles. The first-order valence-electron chi connectivity index (χ1n) is 7.58. The molecule has 2 aromatic rings. The second-order valence-corrected chi connectivity index (χ2v) is 5.41. The third-order valence-corrected chi connectivity index (χ3v) is 4.02. The van der Waals surface area contributed by atoms with Crippen LogP contribution in [0.5, 0.6) is 5.75 Å². The zero-order chi connectivity index (χ0) is 15.2. The fourth-order valence-corrected chi connectivity index (χ4v) is 2.85. The Bertz CT molecular complexity index is 592. The summed E-state index contributed by atoms with van der Waals surface area (Å²) in [7, 11) is 3.77. The first-order chi connectivity index (χ1) is 10.2. The van der Waals surface area contributed by atoms with Crippen LogP contribution in [-0.4, -0.2) is 14.2 Å². The van der Waals surface area contributed by atoms with Crippen LogP contribution in [0, 0.1) is 6.92 Å². The van der Waals surface area contributed by atoms with Gasteiger partial charge in [0.25, 0.3) is 0 Å². The number of aryl methyl sites for hydroxylation is 2. The lowest BCUT2D eigenvalue weighted by molar-refractivity contribution is 0.406. The maximum atomic E-state index is 5.51. The summed E-state index contributed by atoms with van der Waals surface area (Å²) in [5, 5.41) is 3.46. The van der Waals surface area contributed by atoms with E-state index in [1.165, 1.54) is 22.3 Å². The van der Waals surface area contributed by atoms with E-state index in [0.717, 1.165) is 18.6 Å². The Morgan fingerprint density at radius 2 is 1.86 bits per heavy atom. The maximum Gasteiger partial charge on any atom is 0.122 e. The molecule has 2 aromatic carbocycles. The van der Waals surface area contributed by atoms with E-state index in [4.69, 9.17) is 4.74 Å². The molecule has 21 heavy (non-hydrogen) atoms. The lowest BCUT2D eigenvalue weighted by Crippen LogP contribution is -2.20. The van der Waals surface area contributed by atoms with Gasteiger partial charge in [-0.25, -0.2) is 0 Å². The lowest BCUT2D eigenvalue weighted by atomic mass is 9.93. The van der Waals surface area contributed by atoms with E-state index in [-0.39, 0.29) is 0 Å². The second-order valence-electron chi connectivity index (χ2n) is 5.41. The Balaban J connectivity index is 2.33. The Morgan fingerprint density at radius 3 is 2.52 bits per heavy atom. The highest BCUT2D eigenvalue weighted by Crippen LogP contribution is 2.27. The van der Waals surface area contributed by atoms with Crippen LogP contribution in [0.2, 0.25) is 0 Å². The molecule has 0 saturated heterocycles. The van der Waals surface area contributed by atoms with Crippen molar-refractivity contribution < 1.29 is 4.74 Å². The van der Waals surface area contributed by atoms with Gasteiger partial charge in [-0.2, -0.15) is 0 Å². The van der Waals surface area contributed by atoms with E-state index in [0.29, 0.717) is 6.04 Å². The van der Waals surface area contributed by atoms with Crippen molar-refractivity contribution in [2.24, 2.45) is 0 Å². The average molecular weight is 283 g/mol. The highest BCUT2D eigenvalue weighted by atomic mass is 16.5. The number of benzene rings is 2. The van der Waals surface area contributed by atoms with E-state index in [1.54, 1.807) is 7.11 Å². The molecule has 2 heteroatoms. The monoisotopic (exact) mass is 283 g/mol. The standard InChI is InChI=1S/C19H25NO/c1-5-15-8-6-7-9-17(15)18(20-3)13-16-12-14(2)10-11-19(16)21-4/h6-12,18,20H,5,13H2,1-4H3. The number of hydrogen-bond acceptors (Lipinski definition) is 2. The van der Waals surface area contributed by atoms with Gasteiger partial charge in [0.15, 0.2) is 0 Å². The predicted octanol–water partition coefficient (Wildman–Crippen LogP) is 4.07. The van der Waals surface area contributed by atoms with Gasteiger partial charge in [0.2, 0.25) is 0 Å². The van der Waals surface area contributed by atoms with Gasteiger partial charge in [0.05, 0.1) is 7.11 Å². The Kier molecular flexibility index (Phi) is 5.40. The molecule has 0 aliphatic carbocycles. The first kappa shape index (κ1) is 15.6. The zero-order valence-electron chi connectivity index (χ0n) is 13.4. The maximum absolute atomic E-state index is 5.51. The van der Waals surface area contributed by atoms with E-state index in [1.807, 2.05) is 7.05 Å². The molecule has 0 saturated carbocycles. The van der Waals surface area contributed by atoms with Crippen LogP contribution in [0.25, 0.3) is 0 Å². The molecule has 0 aromatic heterocycles. The van der Waals surface area contributed by atoms with Crippen molar-refractivity contribution in [1.82, 2.24) is 5.32 Å². The number of ether oxygens (including phenoxy) is 1. The third-order valence-electron chi connectivity index (χ3n) is 4.02. The molecular weight excluding hydrogens is 258 g/mol. The van der Waals surface area contributed by atoms with Gasteiger partial charge in [-0.3, -0.25) is 0 Å². The highest BCUT2D eigenvalue weighted by Gasteiger charge is 2.15. The molecule has 2 nitrogen and oxygen atoms in total. The van der Waals surface area contributed by atoms with Gasteiger partial charge in [-0.15, -0.1) is 0 Å². The summed E-state index contributed by atoms with van der Waals surface area (Å²) in [6.45, 7) is 4.33. The summed E-state index contributed by atoms with van der Waals surface area (Å²) < 4.78 is 5.51. The summed E-state index contributed by atoms with van der Waals surface area (Å²) in [5.74, 6) is 0.967. The fourth-order valence-electron chi connectivity index (χ4n) is 2.85. The van der Waals surface area contributed by atoms with Crippen molar-refractivity contribution in [2.45, 2.75) is 32.7 Å². The second kappa shape index (κ2) is 7.28. The zero-order valence-corrected chi connectivity index (χ0v) is 13.4. The van der Waals surface area contributed by atoms with Crippen LogP contribution < -0.4 is 10.1 Å². The Hall–Kier alpha value is -1.80. The largest absolute Gasteiger partial charge is 0.496 e. The molecule has 0 fully saturated rings. The van der Waals surface area contributed by atoms with Gasteiger partial charge in [0, 0.05) is 6.04 Å². The molecule has 1 atom stereocenters. The summed E-state index contributed by atoms with van der Waals surface area (Å²) >= 11 is 0. The summed E-state index contributed by atoms with van der Waals surface area (Å²) in [4.78, 5) is 0. The molecule has 0 aliphatic heterocycles. The molecular formula is C19H25NO. The Morgan fingerprint density at radius 1 is 1.10 bits per heavy atom. The average Bonchev–Trinajstić information content (AvgIpc) is 2.52. The van der Waals surface area contributed by atoms with Gasteiger partial charge < -0.3 is 10.1 Å². The predicted molar refractivity (Wildman–Crippen MR) is 89.1 cm³/mol. The van der Waals surface area contributed by atoms with Crippen LogP contribution in [-0.2, 0) is 12.8 Å². The molecule has 0 spiro atoms. The molecule has 0 amide bonds. The van der Waals surface area contributed by atoms with E-state index < -0.39 is 0 Å². The molecule has 112 valence electrons. The number of methoxy groups -OCH3 is 1. The SMILES string of the molecule is CCc1ccccc1C(Cc1cc(C)ccc1OC)NC. The van der Waals surface area contributed by atoms with Crippen LogP contribution >= 0.6 is 0 Å². The molecule has 2 rings (SSSR count). The van der Waals surface area contributed by atoms with Gasteiger partial charge in [-0.1, -0.05) is 48.9 Å². The quantitative estimate of drug-likeness (QED) is 0.863. The number of nitrogens with one attached hydrogen (secondary N) is 1. The van der Waals surface area contributed by atoms with Gasteiger partial charge in [-0.05, 0) is 49.6 Å². The van der Waals surface area contributed by atoms with Crippen LogP contribution in [0.4, 0.5) is 0 Å². The third kappa shape index (κ3) is 3.64. The highest BCUT2D eigenvalue weighted by molar-refractivity contribution is 5.39. The molecule has 0 aliphatic rings. The number of rotatable bonds is 6. The van der Waals surface area contributed by atoms with Crippen molar-refractivity contribution in [3.8, 4) is 5.75 Å². The number of likely N-dealkylation sites (N-methyl/N-ethyl adjacent to an activating group) is 1. The van der Waals surface area contributed by atoms with Gasteiger partial charge in [0.1, 0.15) is 5.75 Å². The summed E-state index contributed by atoms with van der Waals surface area (Å²) in [6, 6.07) is 15.3. The molecule has 0 radical (unpaired) electrons. The fraction of sp³-hybridized carbons (Fsp3) is 0.368. The Labute approximate surface area is 128 Å². The van der Waals surface area contributed by atoms with Gasteiger partial charge >= 0.3 is 0 Å². The lowest BCUT2D eigenvalue weighted by Gasteiger charge is -2.21. The van der Waals surface area contributed by atoms with Crippen LogP contribution in [0.15, 0.2) is 42.5 Å². The smallest absolute Gasteiger partial charge is 0.122 e. The molecule has 1 unspecified atom stereocenters. The number of hydrogen-bond donors (Lipinski definition) is 1. The first-order valence-corrected chi connectivity index (χ1v) is 7.58. The van der Waals surface area contributed by atoms with Crippen LogP contribution in [0.1, 0.15) is 35.2 Å². The topological polar surface area (TPSA) is 21.3 Å². The molecule has 0 bridgehead atoms. The minimum absolute atomic E-state index is 0.303. The van der Waals surface area contributed by atoms with E-state index in [2.05, 4.69) is 61.6 Å². The van der Waals surface area contributed by atoms with Crippen molar-refractivity contribution in [3.05, 3.63) is 64.7 Å². The van der Waals surface area contributed by atoms with Crippen molar-refractivity contribution >= 4 is 0 Å². The van der Waals surface area contributed by atoms with Crippen molar-refractivity contribution in [1.29, 1.82) is 0 Å². The summed E-state index contributed by atoms with van der Waals surface area (Å²) in [5.41, 5.74) is 5.31. The van der Waals surface area contributed by atoms with E-state index in [9.17, 15) is 0 Å². The van der Waals surface area contributed by atoms with Crippen molar-refractivity contribution in [3.63, 3.8) is 0 Å². The normalized spacial score (nSPS) is 12.2. The minimum atomic E-state index is 0.303. The summed E-state index contributed by atoms with van der Waals surface area (Å²) in [6.07, 6.45) is 1.98. The van der Waals surface area contributed by atoms with Crippen LogP contribution in [0.3, 0.4) is 0 Å². The molecule has 1 N–H and O–H groups in total. The van der Waals surface area contributed by atoms with E-state index >= 15 is 0 Å². The minimum Gasteiger partial charge on any atom is -0.496 e. The van der Waals surface area contributed by atoms with Crippen molar-refractivity contribution in [2.75, 3.05) is 14.2 Å².